The summed E-state index contributed by atoms with van der Waals surface area (Å²) in [5.74, 6) is -0.514. The average molecular weight is 454 g/mol. The molecule has 0 spiro atoms. The molecule has 1 amide bonds. The number of nitrogens with one attached hydrogen (secondary N) is 1. The van der Waals surface area contributed by atoms with Gasteiger partial charge in [-0.05, 0) is 55.0 Å². The Morgan fingerprint density at radius 3 is 2.39 bits per heavy atom. The van der Waals surface area contributed by atoms with Crippen LogP contribution in [0.1, 0.15) is 16.7 Å². The van der Waals surface area contributed by atoms with Gasteiger partial charge in [0.1, 0.15) is 0 Å². The zero-order chi connectivity index (χ0) is 22.4. The van der Waals surface area contributed by atoms with Crippen LogP contribution in [0.4, 0.5) is 5.69 Å². The Morgan fingerprint density at radius 2 is 1.74 bits per heavy atom. The quantitative estimate of drug-likeness (QED) is 0.575. The molecule has 0 saturated carbocycles. The van der Waals surface area contributed by atoms with Crippen LogP contribution in [0.25, 0.3) is 0 Å². The second-order valence-electron chi connectivity index (χ2n) is 6.95. The highest BCUT2D eigenvalue weighted by Crippen LogP contribution is 2.21. The molecule has 0 aromatic heterocycles. The Labute approximate surface area is 186 Å². The molecule has 0 heterocycles. The van der Waals surface area contributed by atoms with E-state index >= 15 is 0 Å². The van der Waals surface area contributed by atoms with Crippen molar-refractivity contribution in [2.75, 3.05) is 11.9 Å². The maximum atomic E-state index is 13.3. The molecule has 1 N–H and O–H groups in total. The molecule has 0 unspecified atom stereocenters. The minimum absolute atomic E-state index is 0.0247. The molecule has 158 valence electrons. The van der Waals surface area contributed by atoms with E-state index < -0.39 is 22.5 Å². The number of hydrogen-bond donors (Lipinski definition) is 1. The number of carbonyl (C=O) groups is 1. The molecular weight excluding hydrogens is 434 g/mol. The van der Waals surface area contributed by atoms with Crippen LogP contribution in [0.3, 0.4) is 0 Å². The summed E-state index contributed by atoms with van der Waals surface area (Å²) in [6.07, 6.45) is 0. The monoisotopic (exact) mass is 453 g/mol. The summed E-state index contributed by atoms with van der Waals surface area (Å²) < 4.78 is 27.6. The second kappa shape index (κ2) is 9.75. The number of amides is 1. The van der Waals surface area contributed by atoms with Crippen molar-refractivity contribution in [1.82, 2.24) is 4.31 Å². The molecule has 0 aliphatic carbocycles. The van der Waals surface area contributed by atoms with Gasteiger partial charge in [-0.25, -0.2) is 8.42 Å². The number of aryl methyl sites for hydroxylation is 1. The number of nitrogens with zero attached hydrogens (tertiary/aromatic N) is 2. The molecule has 0 atom stereocenters. The minimum Gasteiger partial charge on any atom is -0.325 e. The van der Waals surface area contributed by atoms with Crippen LogP contribution >= 0.6 is 11.6 Å². The van der Waals surface area contributed by atoms with Crippen LogP contribution < -0.4 is 5.32 Å². The number of carbonyl (C=O) groups excluding carboxylic acids is 1. The number of halogens is 1. The third kappa shape index (κ3) is 5.92. The third-order valence-electron chi connectivity index (χ3n) is 4.53. The third-order valence-corrected chi connectivity index (χ3v) is 6.58. The molecule has 3 aromatic rings. The summed E-state index contributed by atoms with van der Waals surface area (Å²) >= 11 is 5.89. The predicted octanol–water partition coefficient (Wildman–Crippen LogP) is 4.35. The van der Waals surface area contributed by atoms with Gasteiger partial charge in [-0.3, -0.25) is 4.79 Å². The van der Waals surface area contributed by atoms with Crippen LogP contribution in [0.2, 0.25) is 5.02 Å². The Morgan fingerprint density at radius 1 is 1.06 bits per heavy atom. The van der Waals surface area contributed by atoms with Crippen molar-refractivity contribution in [1.29, 1.82) is 5.26 Å². The first-order chi connectivity index (χ1) is 14.8. The molecule has 3 rings (SSSR count). The van der Waals surface area contributed by atoms with Crippen molar-refractivity contribution in [3.8, 4) is 6.07 Å². The van der Waals surface area contributed by atoms with Crippen molar-refractivity contribution in [3.63, 3.8) is 0 Å². The minimum atomic E-state index is -3.96. The lowest BCUT2D eigenvalue weighted by Gasteiger charge is -2.22. The first kappa shape index (κ1) is 22.5. The fourth-order valence-corrected chi connectivity index (χ4v) is 4.42. The topological polar surface area (TPSA) is 90.3 Å². The molecule has 3 aromatic carbocycles. The van der Waals surface area contributed by atoms with Crippen molar-refractivity contribution < 1.29 is 13.2 Å². The van der Waals surface area contributed by atoms with Gasteiger partial charge in [0, 0.05) is 17.3 Å². The number of anilines is 1. The molecule has 0 aliphatic rings. The summed E-state index contributed by atoms with van der Waals surface area (Å²) in [5, 5.41) is 12.1. The molecule has 0 aliphatic heterocycles. The zero-order valence-electron chi connectivity index (χ0n) is 16.7. The van der Waals surface area contributed by atoms with Crippen LogP contribution in [0, 0.1) is 18.3 Å². The molecular formula is C23H20ClN3O3S. The lowest BCUT2D eigenvalue weighted by atomic mass is 10.1. The lowest BCUT2D eigenvalue weighted by molar-refractivity contribution is -0.116. The van der Waals surface area contributed by atoms with Crippen molar-refractivity contribution in [2.24, 2.45) is 0 Å². The van der Waals surface area contributed by atoms with E-state index in [2.05, 4.69) is 5.32 Å². The molecule has 0 saturated heterocycles. The van der Waals surface area contributed by atoms with Crippen molar-refractivity contribution in [2.45, 2.75) is 18.4 Å². The fourth-order valence-electron chi connectivity index (χ4n) is 2.91. The van der Waals surface area contributed by atoms with Crippen molar-refractivity contribution in [3.05, 3.63) is 94.5 Å². The smallest absolute Gasteiger partial charge is 0.243 e. The van der Waals surface area contributed by atoms with Crippen molar-refractivity contribution >= 4 is 33.2 Å². The van der Waals surface area contributed by atoms with Gasteiger partial charge >= 0.3 is 0 Å². The average Bonchev–Trinajstić information content (AvgIpc) is 2.75. The van der Waals surface area contributed by atoms with E-state index in [1.165, 1.54) is 30.3 Å². The van der Waals surface area contributed by atoms with Gasteiger partial charge in [-0.15, -0.1) is 0 Å². The Hall–Kier alpha value is -3.18. The van der Waals surface area contributed by atoms with Gasteiger partial charge in [0.05, 0.1) is 23.1 Å². The van der Waals surface area contributed by atoms with E-state index in [9.17, 15) is 13.2 Å². The molecule has 0 radical (unpaired) electrons. The van der Waals surface area contributed by atoms with E-state index in [1.807, 2.05) is 37.3 Å². The first-order valence-electron chi connectivity index (χ1n) is 9.39. The van der Waals surface area contributed by atoms with Gasteiger partial charge in [0.2, 0.25) is 15.9 Å². The number of nitriles is 1. The van der Waals surface area contributed by atoms with E-state index in [4.69, 9.17) is 16.9 Å². The van der Waals surface area contributed by atoms with Gasteiger partial charge in [0.25, 0.3) is 0 Å². The van der Waals surface area contributed by atoms with Crippen LogP contribution in [0.5, 0.6) is 0 Å². The van der Waals surface area contributed by atoms with E-state index in [0.717, 1.165) is 15.4 Å². The Bertz CT molecular complexity index is 1220. The zero-order valence-corrected chi connectivity index (χ0v) is 18.3. The van der Waals surface area contributed by atoms with Gasteiger partial charge in [0.15, 0.2) is 0 Å². The maximum Gasteiger partial charge on any atom is 0.243 e. The second-order valence-corrected chi connectivity index (χ2v) is 9.33. The standard InChI is InChI=1S/C23H20ClN3O3S/c1-17-5-7-18(8-6-17)15-27(31(29,30)22-11-9-20(24)10-12-22)16-23(28)26-21-4-2-3-19(13-21)14-25/h2-13H,15-16H2,1H3,(H,26,28). The van der Waals surface area contributed by atoms with Gasteiger partial charge < -0.3 is 5.32 Å². The highest BCUT2D eigenvalue weighted by Gasteiger charge is 2.27. The number of benzene rings is 3. The SMILES string of the molecule is Cc1ccc(CN(CC(=O)Nc2cccc(C#N)c2)S(=O)(=O)c2ccc(Cl)cc2)cc1. The normalized spacial score (nSPS) is 11.2. The highest BCUT2D eigenvalue weighted by molar-refractivity contribution is 7.89. The molecule has 6 nitrogen and oxygen atoms in total. The molecule has 0 fully saturated rings. The summed E-state index contributed by atoms with van der Waals surface area (Å²) in [6, 6.07) is 21.6. The molecule has 0 bridgehead atoms. The van der Waals surface area contributed by atoms with Crippen LogP contribution in [-0.4, -0.2) is 25.2 Å². The summed E-state index contributed by atoms with van der Waals surface area (Å²) in [6.45, 7) is 1.57. The first-order valence-corrected chi connectivity index (χ1v) is 11.2. The molecule has 31 heavy (non-hydrogen) atoms. The number of rotatable bonds is 7. The van der Waals surface area contributed by atoms with Gasteiger partial charge in [-0.1, -0.05) is 47.5 Å². The fraction of sp³-hybridized carbons (Fsp3) is 0.130. The van der Waals surface area contributed by atoms with Gasteiger partial charge in [-0.2, -0.15) is 9.57 Å². The summed E-state index contributed by atoms with van der Waals surface area (Å²) in [7, 11) is -3.96. The summed E-state index contributed by atoms with van der Waals surface area (Å²) in [4.78, 5) is 12.7. The number of sulfonamides is 1. The predicted molar refractivity (Wildman–Crippen MR) is 120 cm³/mol. The maximum absolute atomic E-state index is 13.3. The summed E-state index contributed by atoms with van der Waals surface area (Å²) in [5.41, 5.74) is 2.61. The van der Waals surface area contributed by atoms with E-state index in [1.54, 1.807) is 18.2 Å². The largest absolute Gasteiger partial charge is 0.325 e. The highest BCUT2D eigenvalue weighted by atomic mass is 35.5. The molecule has 8 heteroatoms. The van der Waals surface area contributed by atoms with Crippen LogP contribution in [-0.2, 0) is 21.4 Å². The van der Waals surface area contributed by atoms with E-state index in [0.29, 0.717) is 16.3 Å². The lowest BCUT2D eigenvalue weighted by Crippen LogP contribution is -2.37. The Kier molecular flexibility index (Phi) is 7.08. The number of hydrogen-bond acceptors (Lipinski definition) is 4. The van der Waals surface area contributed by atoms with E-state index in [-0.39, 0.29) is 11.4 Å². The Balaban J connectivity index is 1.87. The van der Waals surface area contributed by atoms with Crippen LogP contribution in [0.15, 0.2) is 77.7 Å².